The van der Waals surface area contributed by atoms with Crippen LogP contribution in [0.1, 0.15) is 47.0 Å². The zero-order valence-corrected chi connectivity index (χ0v) is 9.30. The van der Waals surface area contributed by atoms with Crippen LogP contribution in [-0.4, -0.2) is 18.5 Å². The Morgan fingerprint density at radius 3 is 2.38 bits per heavy atom. The van der Waals surface area contributed by atoms with Gasteiger partial charge in [-0.15, -0.1) is 0 Å². The molecule has 0 radical (unpaired) electrons. The summed E-state index contributed by atoms with van der Waals surface area (Å²) in [7, 11) is 0. The highest BCUT2D eigenvalue weighted by Crippen LogP contribution is 2.07. The van der Waals surface area contributed by atoms with Crippen molar-refractivity contribution in [3.8, 4) is 0 Å². The Kier molecular flexibility index (Phi) is 6.87. The SMILES string of the molecule is CCCC(C)COC(C)C(=O)CC. The third kappa shape index (κ3) is 5.81. The van der Waals surface area contributed by atoms with Gasteiger partial charge in [0.1, 0.15) is 6.10 Å². The predicted octanol–water partition coefficient (Wildman–Crippen LogP) is 2.81. The first-order valence-corrected chi connectivity index (χ1v) is 5.26. The van der Waals surface area contributed by atoms with Crippen LogP contribution in [0, 0.1) is 5.92 Å². The molecule has 0 saturated heterocycles. The van der Waals surface area contributed by atoms with E-state index in [9.17, 15) is 4.79 Å². The monoisotopic (exact) mass is 186 g/mol. The highest BCUT2D eigenvalue weighted by Gasteiger charge is 2.11. The molecule has 0 fully saturated rings. The van der Waals surface area contributed by atoms with E-state index in [4.69, 9.17) is 4.74 Å². The number of carbonyl (C=O) groups is 1. The van der Waals surface area contributed by atoms with E-state index in [0.717, 1.165) is 0 Å². The van der Waals surface area contributed by atoms with Crippen LogP contribution in [0.5, 0.6) is 0 Å². The van der Waals surface area contributed by atoms with E-state index >= 15 is 0 Å². The molecule has 0 aliphatic heterocycles. The summed E-state index contributed by atoms with van der Waals surface area (Å²) in [6.07, 6.45) is 2.71. The first-order chi connectivity index (χ1) is 6.11. The fourth-order valence-corrected chi connectivity index (χ4v) is 1.27. The normalized spacial score (nSPS) is 15.4. The number of Topliss-reactive ketones (excluding diaryl/α,β-unsaturated/α-hetero) is 1. The first-order valence-electron chi connectivity index (χ1n) is 5.26. The van der Waals surface area contributed by atoms with Crippen LogP contribution < -0.4 is 0 Å². The molecule has 2 nitrogen and oxygen atoms in total. The van der Waals surface area contributed by atoms with Crippen LogP contribution in [0.2, 0.25) is 0 Å². The van der Waals surface area contributed by atoms with Crippen LogP contribution in [0.4, 0.5) is 0 Å². The lowest BCUT2D eigenvalue weighted by Crippen LogP contribution is -2.22. The smallest absolute Gasteiger partial charge is 0.160 e. The number of ether oxygens (including phenoxy) is 1. The molecule has 0 aromatic rings. The fourth-order valence-electron chi connectivity index (χ4n) is 1.27. The molecule has 0 aromatic heterocycles. The topological polar surface area (TPSA) is 26.3 Å². The molecule has 0 bridgehead atoms. The second-order valence-electron chi connectivity index (χ2n) is 3.69. The number of hydrogen-bond acceptors (Lipinski definition) is 2. The molecule has 0 heterocycles. The van der Waals surface area contributed by atoms with E-state index in [1.54, 1.807) is 0 Å². The molecule has 2 heteroatoms. The molecule has 0 amide bonds. The van der Waals surface area contributed by atoms with Gasteiger partial charge in [0, 0.05) is 6.42 Å². The standard InChI is InChI=1S/C11H22O2/c1-5-7-9(3)8-13-10(4)11(12)6-2/h9-10H,5-8H2,1-4H3. The molecule has 2 atom stereocenters. The maximum Gasteiger partial charge on any atom is 0.160 e. The van der Waals surface area contributed by atoms with Gasteiger partial charge in [0.05, 0.1) is 6.61 Å². The highest BCUT2D eigenvalue weighted by molar-refractivity contribution is 5.82. The molecule has 0 saturated carbocycles. The highest BCUT2D eigenvalue weighted by atomic mass is 16.5. The number of carbonyl (C=O) groups excluding carboxylic acids is 1. The van der Waals surface area contributed by atoms with Gasteiger partial charge in [0.15, 0.2) is 5.78 Å². The van der Waals surface area contributed by atoms with Crippen molar-refractivity contribution in [2.24, 2.45) is 5.92 Å². The van der Waals surface area contributed by atoms with Crippen molar-refractivity contribution in [2.45, 2.75) is 53.1 Å². The van der Waals surface area contributed by atoms with E-state index < -0.39 is 0 Å². The Morgan fingerprint density at radius 1 is 1.31 bits per heavy atom. The van der Waals surface area contributed by atoms with E-state index in [0.29, 0.717) is 18.9 Å². The van der Waals surface area contributed by atoms with E-state index in [1.807, 2.05) is 13.8 Å². The van der Waals surface area contributed by atoms with Gasteiger partial charge in [0.25, 0.3) is 0 Å². The van der Waals surface area contributed by atoms with Crippen molar-refractivity contribution in [1.82, 2.24) is 0 Å². The third-order valence-electron chi connectivity index (χ3n) is 2.21. The summed E-state index contributed by atoms with van der Waals surface area (Å²) in [5.74, 6) is 0.765. The summed E-state index contributed by atoms with van der Waals surface area (Å²) in [5.41, 5.74) is 0. The Balaban J connectivity index is 3.56. The van der Waals surface area contributed by atoms with Crippen molar-refractivity contribution in [2.75, 3.05) is 6.61 Å². The summed E-state index contributed by atoms with van der Waals surface area (Å²) in [6.45, 7) is 8.74. The zero-order chi connectivity index (χ0) is 10.3. The van der Waals surface area contributed by atoms with Crippen molar-refractivity contribution in [3.63, 3.8) is 0 Å². The minimum atomic E-state index is -0.218. The summed E-state index contributed by atoms with van der Waals surface area (Å²) < 4.78 is 5.46. The minimum Gasteiger partial charge on any atom is -0.370 e. The van der Waals surface area contributed by atoms with Gasteiger partial charge in [-0.05, 0) is 19.3 Å². The van der Waals surface area contributed by atoms with Gasteiger partial charge >= 0.3 is 0 Å². The average molecular weight is 186 g/mol. The third-order valence-corrected chi connectivity index (χ3v) is 2.21. The molecule has 0 aliphatic rings. The lowest BCUT2D eigenvalue weighted by molar-refractivity contribution is -0.129. The quantitative estimate of drug-likeness (QED) is 0.611. The number of hydrogen-bond donors (Lipinski definition) is 0. The minimum absolute atomic E-state index is 0.198. The van der Waals surface area contributed by atoms with Crippen molar-refractivity contribution in [1.29, 1.82) is 0 Å². The lowest BCUT2D eigenvalue weighted by Gasteiger charge is -2.15. The summed E-state index contributed by atoms with van der Waals surface area (Å²) in [4.78, 5) is 11.2. The first kappa shape index (κ1) is 12.6. The Morgan fingerprint density at radius 2 is 1.92 bits per heavy atom. The van der Waals surface area contributed by atoms with Gasteiger partial charge in [-0.25, -0.2) is 0 Å². The number of rotatable bonds is 7. The van der Waals surface area contributed by atoms with Crippen LogP contribution in [-0.2, 0) is 9.53 Å². The second kappa shape index (κ2) is 7.07. The summed E-state index contributed by atoms with van der Waals surface area (Å²) >= 11 is 0. The zero-order valence-electron chi connectivity index (χ0n) is 9.30. The maximum absolute atomic E-state index is 11.2. The summed E-state index contributed by atoms with van der Waals surface area (Å²) in [5, 5.41) is 0. The number of ketones is 1. The van der Waals surface area contributed by atoms with E-state index in [1.165, 1.54) is 12.8 Å². The van der Waals surface area contributed by atoms with E-state index in [-0.39, 0.29) is 11.9 Å². The molecule has 78 valence electrons. The molecule has 0 spiro atoms. The maximum atomic E-state index is 11.2. The Hall–Kier alpha value is -0.370. The Labute approximate surface area is 81.7 Å². The van der Waals surface area contributed by atoms with Gasteiger partial charge in [0.2, 0.25) is 0 Å². The molecule has 2 unspecified atom stereocenters. The molecular weight excluding hydrogens is 164 g/mol. The van der Waals surface area contributed by atoms with Gasteiger partial charge in [-0.1, -0.05) is 27.2 Å². The lowest BCUT2D eigenvalue weighted by atomic mass is 10.1. The molecule has 13 heavy (non-hydrogen) atoms. The van der Waals surface area contributed by atoms with Crippen LogP contribution in [0.25, 0.3) is 0 Å². The molecule has 0 rings (SSSR count). The molecule has 0 aliphatic carbocycles. The van der Waals surface area contributed by atoms with Gasteiger partial charge < -0.3 is 4.74 Å². The van der Waals surface area contributed by atoms with Crippen molar-refractivity contribution in [3.05, 3.63) is 0 Å². The molecule has 0 aromatic carbocycles. The van der Waals surface area contributed by atoms with E-state index in [2.05, 4.69) is 13.8 Å². The molecular formula is C11H22O2. The largest absolute Gasteiger partial charge is 0.370 e. The van der Waals surface area contributed by atoms with Crippen molar-refractivity contribution < 1.29 is 9.53 Å². The van der Waals surface area contributed by atoms with Crippen LogP contribution in [0.3, 0.4) is 0 Å². The fraction of sp³-hybridized carbons (Fsp3) is 0.909. The summed E-state index contributed by atoms with van der Waals surface area (Å²) in [6, 6.07) is 0. The van der Waals surface area contributed by atoms with Crippen molar-refractivity contribution >= 4 is 5.78 Å². The molecule has 0 N–H and O–H groups in total. The predicted molar refractivity (Wildman–Crippen MR) is 54.8 cm³/mol. The van der Waals surface area contributed by atoms with Crippen LogP contribution >= 0.6 is 0 Å². The Bertz CT molecular complexity index is 143. The average Bonchev–Trinajstić information content (AvgIpc) is 2.13. The second-order valence-corrected chi connectivity index (χ2v) is 3.69. The van der Waals surface area contributed by atoms with Gasteiger partial charge in [-0.2, -0.15) is 0 Å². The van der Waals surface area contributed by atoms with Gasteiger partial charge in [-0.3, -0.25) is 4.79 Å². The van der Waals surface area contributed by atoms with Crippen LogP contribution in [0.15, 0.2) is 0 Å².